The van der Waals surface area contributed by atoms with Crippen LogP contribution in [0.1, 0.15) is 23.1 Å². The maximum absolute atomic E-state index is 7.17. The zero-order chi connectivity index (χ0) is 8.55. The van der Waals surface area contributed by atoms with E-state index < -0.39 is 0 Å². The number of fused-ring (bicyclic) bond motifs is 1. The van der Waals surface area contributed by atoms with E-state index in [9.17, 15) is 0 Å². The summed E-state index contributed by atoms with van der Waals surface area (Å²) in [6.07, 6.45) is 6.24. The van der Waals surface area contributed by atoms with Crippen molar-refractivity contribution in [3.8, 4) is 0 Å². The molecule has 2 nitrogen and oxygen atoms in total. The van der Waals surface area contributed by atoms with Gasteiger partial charge in [0, 0.05) is 18.0 Å². The minimum absolute atomic E-state index is 0.619. The number of hydrogen-bond acceptors (Lipinski definition) is 2. The molecule has 1 heterocycles. The molecule has 0 unspecified atom stereocenters. The van der Waals surface area contributed by atoms with Crippen molar-refractivity contribution in [2.75, 3.05) is 0 Å². The smallest absolute Gasteiger partial charge is 0.132 e. The van der Waals surface area contributed by atoms with Gasteiger partial charge in [0.2, 0.25) is 0 Å². The summed E-state index contributed by atoms with van der Waals surface area (Å²) in [6, 6.07) is 0. The molecule has 0 bridgehead atoms. The van der Waals surface area contributed by atoms with Crippen LogP contribution in [0, 0.1) is 5.41 Å². The van der Waals surface area contributed by atoms with E-state index in [1.54, 1.807) is 6.20 Å². The molecule has 0 radical (unpaired) electrons. The maximum Gasteiger partial charge on any atom is 0.132 e. The van der Waals surface area contributed by atoms with Crippen molar-refractivity contribution in [1.29, 1.82) is 5.41 Å². The quantitative estimate of drug-likeness (QED) is 0.522. The van der Waals surface area contributed by atoms with Crippen LogP contribution < -0.4 is 0 Å². The van der Waals surface area contributed by atoms with Crippen LogP contribution in [0.15, 0.2) is 6.20 Å². The van der Waals surface area contributed by atoms with Crippen molar-refractivity contribution >= 4 is 17.8 Å². The average Bonchev–Trinajstić information content (AvgIpc) is 2.54. The minimum Gasteiger partial charge on any atom is -0.308 e. The van der Waals surface area contributed by atoms with Gasteiger partial charge in [-0.05, 0) is 30.4 Å². The molecule has 1 N–H and O–H groups in total. The van der Waals surface area contributed by atoms with Crippen molar-refractivity contribution < 1.29 is 0 Å². The van der Waals surface area contributed by atoms with Crippen molar-refractivity contribution in [2.45, 2.75) is 19.3 Å². The maximum atomic E-state index is 7.17. The van der Waals surface area contributed by atoms with Crippen LogP contribution in [0.5, 0.6) is 0 Å². The van der Waals surface area contributed by atoms with Crippen molar-refractivity contribution in [2.24, 2.45) is 0 Å². The molecule has 1 aromatic rings. The summed E-state index contributed by atoms with van der Waals surface area (Å²) in [6.45, 7) is 0. The van der Waals surface area contributed by atoms with E-state index in [4.69, 9.17) is 17.0 Å². The molecular weight excluding hydrogens is 172 g/mol. The molecular formula is C9H9ClN2. The van der Waals surface area contributed by atoms with E-state index in [0.29, 0.717) is 5.15 Å². The molecule has 2 rings (SSSR count). The third-order valence-corrected chi connectivity index (χ3v) is 2.61. The lowest BCUT2D eigenvalue weighted by Gasteiger charge is -2.03. The molecule has 0 saturated heterocycles. The number of hydrogen-bond donors (Lipinski definition) is 1. The SMILES string of the molecule is N=Cc1cnc(Cl)c2c1CCC2. The Morgan fingerprint density at radius 1 is 1.42 bits per heavy atom. The number of nitrogens with one attached hydrogen (secondary N) is 1. The van der Waals surface area contributed by atoms with Gasteiger partial charge in [-0.3, -0.25) is 0 Å². The second-order valence-electron chi connectivity index (χ2n) is 2.96. The molecule has 0 atom stereocenters. The summed E-state index contributed by atoms with van der Waals surface area (Å²) >= 11 is 5.91. The Morgan fingerprint density at radius 3 is 2.92 bits per heavy atom. The standard InChI is InChI=1S/C9H9ClN2/c10-9-8-3-1-2-7(8)6(4-11)5-12-9/h4-5,11H,1-3H2. The predicted molar refractivity (Wildman–Crippen MR) is 49.2 cm³/mol. The number of aromatic nitrogens is 1. The second kappa shape index (κ2) is 2.87. The van der Waals surface area contributed by atoms with E-state index in [0.717, 1.165) is 30.4 Å². The molecule has 0 amide bonds. The van der Waals surface area contributed by atoms with Crippen molar-refractivity contribution in [3.63, 3.8) is 0 Å². The van der Waals surface area contributed by atoms with Crippen LogP contribution in [-0.4, -0.2) is 11.2 Å². The molecule has 0 fully saturated rings. The first-order valence-corrected chi connectivity index (χ1v) is 4.37. The molecule has 62 valence electrons. The highest BCUT2D eigenvalue weighted by Gasteiger charge is 2.17. The zero-order valence-corrected chi connectivity index (χ0v) is 7.36. The van der Waals surface area contributed by atoms with E-state index in [2.05, 4.69) is 4.98 Å². The fourth-order valence-corrected chi connectivity index (χ4v) is 1.95. The lowest BCUT2D eigenvalue weighted by atomic mass is 10.1. The van der Waals surface area contributed by atoms with E-state index in [1.165, 1.54) is 11.8 Å². The van der Waals surface area contributed by atoms with Gasteiger partial charge in [-0.1, -0.05) is 11.6 Å². The predicted octanol–water partition coefficient (Wildman–Crippen LogP) is 2.22. The second-order valence-corrected chi connectivity index (χ2v) is 3.32. The lowest BCUT2D eigenvalue weighted by Crippen LogP contribution is -1.94. The highest BCUT2D eigenvalue weighted by molar-refractivity contribution is 6.30. The van der Waals surface area contributed by atoms with Crippen LogP contribution in [0.25, 0.3) is 0 Å². The number of halogens is 1. The monoisotopic (exact) mass is 180 g/mol. The number of nitrogens with zero attached hydrogens (tertiary/aromatic N) is 1. The summed E-state index contributed by atoms with van der Waals surface area (Å²) < 4.78 is 0. The third-order valence-electron chi connectivity index (χ3n) is 2.29. The Bertz CT molecular complexity index is 334. The van der Waals surface area contributed by atoms with Crippen LogP contribution >= 0.6 is 11.6 Å². The Hall–Kier alpha value is -0.890. The Kier molecular flexibility index (Phi) is 1.85. The van der Waals surface area contributed by atoms with Crippen LogP contribution in [0.4, 0.5) is 0 Å². The third kappa shape index (κ3) is 1.03. The Labute approximate surface area is 76.1 Å². The highest BCUT2D eigenvalue weighted by Crippen LogP contribution is 2.28. The van der Waals surface area contributed by atoms with Gasteiger partial charge in [-0.2, -0.15) is 0 Å². The molecule has 0 aromatic carbocycles. The highest BCUT2D eigenvalue weighted by atomic mass is 35.5. The summed E-state index contributed by atoms with van der Waals surface area (Å²) in [5.41, 5.74) is 3.30. The normalized spacial score (nSPS) is 14.4. The molecule has 0 saturated carbocycles. The fourth-order valence-electron chi connectivity index (χ4n) is 1.70. The Morgan fingerprint density at radius 2 is 2.17 bits per heavy atom. The van der Waals surface area contributed by atoms with Gasteiger partial charge in [0.1, 0.15) is 5.15 Å². The summed E-state index contributed by atoms with van der Waals surface area (Å²) in [4.78, 5) is 4.04. The topological polar surface area (TPSA) is 36.7 Å². The average molecular weight is 181 g/mol. The summed E-state index contributed by atoms with van der Waals surface area (Å²) in [5, 5.41) is 7.79. The molecule has 0 spiro atoms. The molecule has 1 aliphatic carbocycles. The minimum atomic E-state index is 0.619. The van der Waals surface area contributed by atoms with Gasteiger partial charge >= 0.3 is 0 Å². The van der Waals surface area contributed by atoms with E-state index >= 15 is 0 Å². The lowest BCUT2D eigenvalue weighted by molar-refractivity contribution is 0.910. The first kappa shape index (κ1) is 7.74. The van der Waals surface area contributed by atoms with Gasteiger partial charge < -0.3 is 5.41 Å². The van der Waals surface area contributed by atoms with Gasteiger partial charge in [0.25, 0.3) is 0 Å². The fraction of sp³-hybridized carbons (Fsp3) is 0.333. The van der Waals surface area contributed by atoms with Gasteiger partial charge in [-0.25, -0.2) is 4.98 Å². The van der Waals surface area contributed by atoms with Crippen molar-refractivity contribution in [3.05, 3.63) is 28.0 Å². The van der Waals surface area contributed by atoms with Crippen LogP contribution in [0.2, 0.25) is 5.15 Å². The first-order chi connectivity index (χ1) is 5.83. The zero-order valence-electron chi connectivity index (χ0n) is 6.60. The first-order valence-electron chi connectivity index (χ1n) is 3.99. The summed E-state index contributed by atoms with van der Waals surface area (Å²) in [5.74, 6) is 0. The summed E-state index contributed by atoms with van der Waals surface area (Å²) in [7, 11) is 0. The van der Waals surface area contributed by atoms with E-state index in [-0.39, 0.29) is 0 Å². The van der Waals surface area contributed by atoms with Gasteiger partial charge in [-0.15, -0.1) is 0 Å². The van der Waals surface area contributed by atoms with Crippen molar-refractivity contribution in [1.82, 2.24) is 4.98 Å². The van der Waals surface area contributed by atoms with Crippen LogP contribution in [-0.2, 0) is 12.8 Å². The number of pyridine rings is 1. The van der Waals surface area contributed by atoms with Gasteiger partial charge in [0.15, 0.2) is 0 Å². The van der Waals surface area contributed by atoms with Gasteiger partial charge in [0.05, 0.1) is 0 Å². The molecule has 0 aliphatic heterocycles. The molecule has 12 heavy (non-hydrogen) atoms. The molecule has 3 heteroatoms. The largest absolute Gasteiger partial charge is 0.308 e. The Balaban J connectivity index is 2.64. The van der Waals surface area contributed by atoms with Crippen LogP contribution in [0.3, 0.4) is 0 Å². The molecule has 1 aliphatic rings. The molecule has 1 aromatic heterocycles. The number of rotatable bonds is 1. The van der Waals surface area contributed by atoms with E-state index in [1.807, 2.05) is 0 Å².